The SMILES string of the molecule is CCCn1c(=O)c2[nH]c(C34CCC(NCc5ccc(S(=O)(=O)O)o5)(CC3)CC4)nc2n(CCC)c1=O. The summed E-state index contributed by atoms with van der Waals surface area (Å²) >= 11 is 0. The largest absolute Gasteiger partial charge is 0.446 e. The summed E-state index contributed by atoms with van der Waals surface area (Å²) in [6.07, 6.45) is 6.82. The number of aromatic amines is 1. The molecule has 3 aliphatic carbocycles. The van der Waals surface area contributed by atoms with Gasteiger partial charge in [0.2, 0.25) is 5.09 Å². The second kappa shape index (κ2) is 9.00. The molecular weight excluding hydrogens is 486 g/mol. The van der Waals surface area contributed by atoms with Crippen molar-refractivity contribution in [3.8, 4) is 0 Å². The van der Waals surface area contributed by atoms with Crippen LogP contribution in [0.5, 0.6) is 0 Å². The molecule has 0 saturated heterocycles. The zero-order valence-electron chi connectivity index (χ0n) is 20.7. The van der Waals surface area contributed by atoms with Crippen molar-refractivity contribution >= 4 is 21.3 Å². The van der Waals surface area contributed by atoms with Crippen LogP contribution in [0.1, 0.15) is 76.8 Å². The van der Waals surface area contributed by atoms with Crippen LogP contribution in [0.2, 0.25) is 0 Å². The van der Waals surface area contributed by atoms with E-state index >= 15 is 0 Å². The van der Waals surface area contributed by atoms with Gasteiger partial charge in [-0.15, -0.1) is 0 Å². The van der Waals surface area contributed by atoms with Gasteiger partial charge in [-0.1, -0.05) is 13.8 Å². The fraction of sp³-hybridized carbons (Fsp3) is 0.625. The number of aryl methyl sites for hydroxylation is 1. The number of H-pyrrole nitrogens is 1. The van der Waals surface area contributed by atoms with Crippen molar-refractivity contribution in [1.29, 1.82) is 0 Å². The van der Waals surface area contributed by atoms with Crippen LogP contribution < -0.4 is 16.6 Å². The van der Waals surface area contributed by atoms with Crippen LogP contribution in [0.4, 0.5) is 0 Å². The molecule has 3 aliphatic rings. The summed E-state index contributed by atoms with van der Waals surface area (Å²) in [5.74, 6) is 1.25. The number of hydrogen-bond acceptors (Lipinski definition) is 7. The summed E-state index contributed by atoms with van der Waals surface area (Å²) in [4.78, 5) is 34.4. The molecule has 0 aliphatic heterocycles. The van der Waals surface area contributed by atoms with Crippen LogP contribution in [-0.4, -0.2) is 37.6 Å². The molecular formula is C24H33N5O6S. The lowest BCUT2D eigenvalue weighted by Crippen LogP contribution is -2.56. The Morgan fingerprint density at radius 3 is 2.28 bits per heavy atom. The molecule has 196 valence electrons. The number of hydrogen-bond donors (Lipinski definition) is 3. The van der Waals surface area contributed by atoms with Gasteiger partial charge in [-0.3, -0.25) is 18.5 Å². The first-order chi connectivity index (χ1) is 17.1. The summed E-state index contributed by atoms with van der Waals surface area (Å²) in [7, 11) is -4.36. The first-order valence-corrected chi connectivity index (χ1v) is 14.1. The maximum atomic E-state index is 13.1. The van der Waals surface area contributed by atoms with Crippen molar-refractivity contribution in [1.82, 2.24) is 24.4 Å². The zero-order chi connectivity index (χ0) is 25.7. The van der Waals surface area contributed by atoms with Gasteiger partial charge in [-0.05, 0) is 63.5 Å². The van der Waals surface area contributed by atoms with Crippen molar-refractivity contribution in [3.05, 3.63) is 44.6 Å². The molecule has 3 aromatic heterocycles. The normalized spacial score (nSPS) is 24.1. The highest BCUT2D eigenvalue weighted by molar-refractivity contribution is 7.85. The number of imidazole rings is 1. The van der Waals surface area contributed by atoms with E-state index in [0.717, 1.165) is 50.8 Å². The average Bonchev–Trinajstić information content (AvgIpc) is 3.53. The Balaban J connectivity index is 1.38. The van der Waals surface area contributed by atoms with Crippen LogP contribution in [0.25, 0.3) is 11.2 Å². The molecule has 0 atom stereocenters. The fourth-order valence-electron chi connectivity index (χ4n) is 5.94. The lowest BCUT2D eigenvalue weighted by atomic mass is 9.57. The molecule has 0 aromatic carbocycles. The molecule has 2 bridgehead atoms. The Morgan fingerprint density at radius 1 is 1.06 bits per heavy atom. The second-order valence-corrected chi connectivity index (χ2v) is 11.6. The monoisotopic (exact) mass is 519 g/mol. The molecule has 0 unspecified atom stereocenters. The maximum Gasteiger partial charge on any atom is 0.332 e. The highest BCUT2D eigenvalue weighted by Gasteiger charge is 2.50. The van der Waals surface area contributed by atoms with Crippen LogP contribution in [-0.2, 0) is 35.2 Å². The van der Waals surface area contributed by atoms with E-state index in [1.807, 2.05) is 13.8 Å². The predicted molar refractivity (Wildman–Crippen MR) is 133 cm³/mol. The summed E-state index contributed by atoms with van der Waals surface area (Å²) in [6, 6.07) is 2.81. The van der Waals surface area contributed by atoms with Gasteiger partial charge >= 0.3 is 15.8 Å². The minimum atomic E-state index is -4.36. The lowest BCUT2D eigenvalue weighted by Gasteiger charge is -2.53. The molecule has 0 amide bonds. The van der Waals surface area contributed by atoms with E-state index < -0.39 is 15.2 Å². The van der Waals surface area contributed by atoms with Gasteiger partial charge in [0.1, 0.15) is 17.1 Å². The van der Waals surface area contributed by atoms with Gasteiger partial charge in [0.05, 0.1) is 6.54 Å². The Morgan fingerprint density at radius 2 is 1.69 bits per heavy atom. The van der Waals surface area contributed by atoms with E-state index in [0.29, 0.717) is 43.0 Å². The number of rotatable bonds is 9. The Kier molecular flexibility index (Phi) is 6.24. The molecule has 3 N–H and O–H groups in total. The number of fused-ring (bicyclic) bond motifs is 4. The Labute approximate surface area is 208 Å². The molecule has 12 heteroatoms. The van der Waals surface area contributed by atoms with E-state index in [1.54, 1.807) is 10.6 Å². The minimum Gasteiger partial charge on any atom is -0.446 e. The molecule has 36 heavy (non-hydrogen) atoms. The van der Waals surface area contributed by atoms with Crippen molar-refractivity contribution in [3.63, 3.8) is 0 Å². The molecule has 3 saturated carbocycles. The zero-order valence-corrected chi connectivity index (χ0v) is 21.5. The third-order valence-electron chi connectivity index (χ3n) is 8.03. The topological polar surface area (TPSA) is 152 Å². The van der Waals surface area contributed by atoms with Gasteiger partial charge in [-0.25, -0.2) is 9.78 Å². The van der Waals surface area contributed by atoms with E-state index in [4.69, 9.17) is 14.0 Å². The average molecular weight is 520 g/mol. The molecule has 3 heterocycles. The van der Waals surface area contributed by atoms with E-state index in [1.165, 1.54) is 10.6 Å². The van der Waals surface area contributed by atoms with Crippen molar-refractivity contribution in [2.24, 2.45) is 0 Å². The van der Waals surface area contributed by atoms with E-state index in [-0.39, 0.29) is 22.2 Å². The summed E-state index contributed by atoms with van der Waals surface area (Å²) in [5.41, 5.74) is 0.0182. The number of nitrogens with one attached hydrogen (secondary N) is 2. The van der Waals surface area contributed by atoms with Crippen LogP contribution in [0.3, 0.4) is 0 Å². The number of aromatic nitrogens is 4. The standard InChI is InChI=1S/C24H33N5O6S/c1-3-13-28-19-18(20(30)29(14-4-2)22(28)31)26-21(27-19)23-7-10-24(11-8-23,12-9-23)25-15-16-5-6-17(35-16)36(32,33)34/h5-6,25H,3-4,7-15H2,1-2H3,(H,26,27)(H,32,33,34). The van der Waals surface area contributed by atoms with E-state index in [2.05, 4.69) is 10.3 Å². The molecule has 11 nitrogen and oxygen atoms in total. The number of furan rings is 1. The molecule has 3 fully saturated rings. The minimum absolute atomic E-state index is 0.0863. The van der Waals surface area contributed by atoms with Crippen LogP contribution in [0, 0.1) is 0 Å². The summed E-state index contributed by atoms with van der Waals surface area (Å²) in [6.45, 7) is 5.21. The molecule has 6 rings (SSSR count). The van der Waals surface area contributed by atoms with Crippen molar-refractivity contribution < 1.29 is 17.4 Å². The summed E-state index contributed by atoms with van der Waals surface area (Å²) in [5, 5.41) is 3.11. The Hall–Kier alpha value is -2.70. The van der Waals surface area contributed by atoms with Crippen molar-refractivity contribution in [2.75, 3.05) is 0 Å². The summed E-state index contributed by atoms with van der Waals surface area (Å²) < 4.78 is 39.9. The molecule has 0 spiro atoms. The number of nitrogens with zero attached hydrogens (tertiary/aromatic N) is 3. The quantitative estimate of drug-likeness (QED) is 0.365. The van der Waals surface area contributed by atoms with Crippen LogP contribution in [0.15, 0.2) is 31.2 Å². The van der Waals surface area contributed by atoms with Crippen LogP contribution >= 0.6 is 0 Å². The smallest absolute Gasteiger partial charge is 0.332 e. The highest BCUT2D eigenvalue weighted by Crippen LogP contribution is 2.53. The first kappa shape index (κ1) is 25.0. The maximum absolute atomic E-state index is 13.1. The Bertz CT molecular complexity index is 1490. The van der Waals surface area contributed by atoms with Crippen molar-refractivity contribution in [2.45, 2.75) is 101 Å². The van der Waals surface area contributed by atoms with Gasteiger partial charge in [0.15, 0.2) is 5.65 Å². The first-order valence-electron chi connectivity index (χ1n) is 12.7. The third kappa shape index (κ3) is 4.14. The molecule has 0 radical (unpaired) electrons. The van der Waals surface area contributed by atoms with Gasteiger partial charge in [0.25, 0.3) is 5.56 Å². The second-order valence-electron chi connectivity index (χ2n) is 10.3. The fourth-order valence-corrected chi connectivity index (χ4v) is 6.39. The third-order valence-corrected chi connectivity index (χ3v) is 8.76. The highest BCUT2D eigenvalue weighted by atomic mass is 32.2. The van der Waals surface area contributed by atoms with Gasteiger partial charge in [0, 0.05) is 24.0 Å². The lowest BCUT2D eigenvalue weighted by molar-refractivity contribution is 0.0695. The predicted octanol–water partition coefficient (Wildman–Crippen LogP) is 2.68. The van der Waals surface area contributed by atoms with E-state index in [9.17, 15) is 18.0 Å². The van der Waals surface area contributed by atoms with Gasteiger partial charge in [-0.2, -0.15) is 8.42 Å². The van der Waals surface area contributed by atoms with Gasteiger partial charge < -0.3 is 14.7 Å². The molecule has 3 aromatic rings.